The van der Waals surface area contributed by atoms with Crippen molar-refractivity contribution in [3.05, 3.63) is 0 Å². The topological polar surface area (TPSA) is 84.2 Å². The third kappa shape index (κ3) is 9.58. The summed E-state index contributed by atoms with van der Waals surface area (Å²) in [6.07, 6.45) is 2.36. The third-order valence-electron chi connectivity index (χ3n) is 3.12. The Bertz CT molecular complexity index is 340. The van der Waals surface area contributed by atoms with Crippen LogP contribution in [-0.4, -0.2) is 36.4 Å². The minimum absolute atomic E-state index is 0.0728. The van der Waals surface area contributed by atoms with E-state index < -0.39 is 11.5 Å². The molecule has 1 amide bonds. The summed E-state index contributed by atoms with van der Waals surface area (Å²) in [6.45, 7) is 12.5. The van der Waals surface area contributed by atoms with E-state index in [0.29, 0.717) is 13.0 Å². The number of rotatable bonds is 8. The molecule has 124 valence electrons. The molecular formula is C16H33N3O2. The molecule has 0 aliphatic rings. The van der Waals surface area contributed by atoms with E-state index in [9.17, 15) is 9.59 Å². The van der Waals surface area contributed by atoms with Gasteiger partial charge in [-0.2, -0.15) is 0 Å². The number of Topliss-reactive ketones (excluding diaryl/α,β-unsaturated/α-hetero) is 1. The zero-order valence-corrected chi connectivity index (χ0v) is 14.5. The summed E-state index contributed by atoms with van der Waals surface area (Å²) in [5, 5.41) is 5.99. The molecule has 0 spiro atoms. The highest BCUT2D eigenvalue weighted by Gasteiger charge is 2.30. The second kappa shape index (κ2) is 8.49. The molecule has 5 nitrogen and oxygen atoms in total. The van der Waals surface area contributed by atoms with Crippen LogP contribution in [0.1, 0.15) is 60.8 Å². The van der Waals surface area contributed by atoms with Crippen molar-refractivity contribution in [2.24, 2.45) is 11.1 Å². The maximum absolute atomic E-state index is 12.4. The maximum atomic E-state index is 12.4. The van der Waals surface area contributed by atoms with Crippen LogP contribution in [0.3, 0.4) is 0 Å². The normalized spacial score (nSPS) is 13.9. The van der Waals surface area contributed by atoms with Crippen molar-refractivity contribution in [2.75, 3.05) is 13.1 Å². The fourth-order valence-corrected chi connectivity index (χ4v) is 1.88. The number of amides is 1. The van der Waals surface area contributed by atoms with Gasteiger partial charge >= 0.3 is 0 Å². The van der Waals surface area contributed by atoms with Gasteiger partial charge in [0.15, 0.2) is 5.78 Å². The van der Waals surface area contributed by atoms with Gasteiger partial charge in [0.05, 0.1) is 12.6 Å². The quantitative estimate of drug-likeness (QED) is 0.594. The number of nitrogens with two attached hydrogens (primary N) is 1. The minimum Gasteiger partial charge on any atom is -0.345 e. The molecule has 0 heterocycles. The lowest BCUT2D eigenvalue weighted by Gasteiger charge is -2.26. The molecule has 0 aromatic heterocycles. The minimum atomic E-state index is -0.460. The fourth-order valence-electron chi connectivity index (χ4n) is 1.88. The van der Waals surface area contributed by atoms with Gasteiger partial charge in [-0.25, -0.2) is 0 Å². The van der Waals surface area contributed by atoms with Crippen LogP contribution in [0.15, 0.2) is 0 Å². The zero-order valence-electron chi connectivity index (χ0n) is 14.5. The Morgan fingerprint density at radius 1 is 1.05 bits per heavy atom. The second-order valence-electron chi connectivity index (χ2n) is 7.62. The number of hydrogen-bond donors (Lipinski definition) is 3. The standard InChI is InChI=1S/C16H33N3O2/c1-15(2,3)14(21)12(9-7-8-10-17)19-13(20)11-18-16(4,5)6/h12,18H,7-11,17H2,1-6H3,(H,19,20). The van der Waals surface area contributed by atoms with E-state index in [0.717, 1.165) is 12.8 Å². The molecule has 4 N–H and O–H groups in total. The summed E-state index contributed by atoms with van der Waals surface area (Å²) in [5.74, 6) is -0.0658. The van der Waals surface area contributed by atoms with E-state index in [4.69, 9.17) is 5.73 Å². The molecular weight excluding hydrogens is 266 g/mol. The van der Waals surface area contributed by atoms with Gasteiger partial charge in [0, 0.05) is 11.0 Å². The molecule has 1 unspecified atom stereocenters. The molecule has 5 heteroatoms. The number of hydrogen-bond acceptors (Lipinski definition) is 4. The molecule has 1 atom stereocenters. The summed E-state index contributed by atoms with van der Waals surface area (Å²) < 4.78 is 0. The van der Waals surface area contributed by atoms with Gasteiger partial charge < -0.3 is 16.4 Å². The first-order chi connectivity index (χ1) is 9.47. The van der Waals surface area contributed by atoms with E-state index in [-0.39, 0.29) is 23.8 Å². The Morgan fingerprint density at radius 3 is 2.05 bits per heavy atom. The lowest BCUT2D eigenvalue weighted by atomic mass is 9.84. The van der Waals surface area contributed by atoms with Crippen molar-refractivity contribution in [3.63, 3.8) is 0 Å². The van der Waals surface area contributed by atoms with Crippen molar-refractivity contribution in [2.45, 2.75) is 72.4 Å². The van der Waals surface area contributed by atoms with E-state index >= 15 is 0 Å². The lowest BCUT2D eigenvalue weighted by Crippen LogP contribution is -2.50. The average molecular weight is 299 g/mol. The Morgan fingerprint density at radius 2 is 1.62 bits per heavy atom. The van der Waals surface area contributed by atoms with E-state index in [1.165, 1.54) is 0 Å². The van der Waals surface area contributed by atoms with Crippen molar-refractivity contribution in [1.82, 2.24) is 10.6 Å². The number of unbranched alkanes of at least 4 members (excludes halogenated alkanes) is 1. The molecule has 0 bridgehead atoms. The smallest absolute Gasteiger partial charge is 0.234 e. The number of carbonyl (C=O) groups is 2. The predicted molar refractivity (Wildman–Crippen MR) is 87.1 cm³/mol. The first kappa shape index (κ1) is 20.1. The van der Waals surface area contributed by atoms with Crippen LogP contribution in [0, 0.1) is 5.41 Å². The molecule has 21 heavy (non-hydrogen) atoms. The summed E-state index contributed by atoms with van der Waals surface area (Å²) in [6, 6.07) is -0.425. The highest BCUT2D eigenvalue weighted by Crippen LogP contribution is 2.19. The first-order valence-corrected chi connectivity index (χ1v) is 7.76. The largest absolute Gasteiger partial charge is 0.345 e. The van der Waals surface area contributed by atoms with Gasteiger partial charge in [-0.05, 0) is 46.6 Å². The average Bonchev–Trinajstić information content (AvgIpc) is 2.32. The van der Waals surface area contributed by atoms with Gasteiger partial charge in [0.2, 0.25) is 5.91 Å². The monoisotopic (exact) mass is 299 g/mol. The molecule has 0 aliphatic carbocycles. The van der Waals surface area contributed by atoms with Crippen LogP contribution >= 0.6 is 0 Å². The van der Waals surface area contributed by atoms with Crippen LogP contribution in [0.5, 0.6) is 0 Å². The van der Waals surface area contributed by atoms with E-state index in [2.05, 4.69) is 10.6 Å². The van der Waals surface area contributed by atoms with E-state index in [1.807, 2.05) is 41.5 Å². The van der Waals surface area contributed by atoms with Crippen molar-refractivity contribution >= 4 is 11.7 Å². The predicted octanol–water partition coefficient (Wildman–Crippen LogP) is 1.60. The molecule has 0 aromatic rings. The fraction of sp³-hybridized carbons (Fsp3) is 0.875. The summed E-state index contributed by atoms with van der Waals surface area (Å²) in [7, 11) is 0. The van der Waals surface area contributed by atoms with E-state index in [1.54, 1.807) is 0 Å². The summed E-state index contributed by atoms with van der Waals surface area (Å²) in [5.41, 5.74) is 4.91. The number of ketones is 1. The first-order valence-electron chi connectivity index (χ1n) is 7.76. The molecule has 0 radical (unpaired) electrons. The van der Waals surface area contributed by atoms with Crippen LogP contribution in [0.25, 0.3) is 0 Å². The molecule has 0 aliphatic heterocycles. The van der Waals surface area contributed by atoms with Crippen LogP contribution in [0.4, 0.5) is 0 Å². The van der Waals surface area contributed by atoms with Crippen molar-refractivity contribution in [1.29, 1.82) is 0 Å². The molecule has 0 aromatic carbocycles. The highest BCUT2D eigenvalue weighted by molar-refractivity contribution is 5.92. The number of nitrogens with one attached hydrogen (secondary N) is 2. The number of carbonyl (C=O) groups excluding carboxylic acids is 2. The third-order valence-corrected chi connectivity index (χ3v) is 3.12. The highest BCUT2D eigenvalue weighted by atomic mass is 16.2. The SMILES string of the molecule is CC(C)(C)NCC(=O)NC(CCCCN)C(=O)C(C)(C)C. The molecule has 0 fully saturated rings. The summed E-state index contributed by atoms with van der Waals surface area (Å²) in [4.78, 5) is 24.4. The van der Waals surface area contributed by atoms with Gasteiger partial charge in [-0.1, -0.05) is 20.8 Å². The Kier molecular flexibility index (Phi) is 8.11. The zero-order chi connectivity index (χ0) is 16.7. The van der Waals surface area contributed by atoms with Crippen molar-refractivity contribution < 1.29 is 9.59 Å². The molecule has 0 saturated heterocycles. The Balaban J connectivity index is 4.59. The Labute approximate surface area is 129 Å². The second-order valence-corrected chi connectivity index (χ2v) is 7.62. The van der Waals surface area contributed by atoms with Crippen molar-refractivity contribution in [3.8, 4) is 0 Å². The van der Waals surface area contributed by atoms with Crippen LogP contribution in [-0.2, 0) is 9.59 Å². The summed E-state index contributed by atoms with van der Waals surface area (Å²) >= 11 is 0. The van der Waals surface area contributed by atoms with Crippen LogP contribution < -0.4 is 16.4 Å². The maximum Gasteiger partial charge on any atom is 0.234 e. The molecule has 0 saturated carbocycles. The van der Waals surface area contributed by atoms with Gasteiger partial charge in [0.25, 0.3) is 0 Å². The Hall–Kier alpha value is -0.940. The molecule has 0 rings (SSSR count). The van der Waals surface area contributed by atoms with Gasteiger partial charge in [-0.3, -0.25) is 9.59 Å². The lowest BCUT2D eigenvalue weighted by molar-refractivity contribution is -0.132. The van der Waals surface area contributed by atoms with Gasteiger partial charge in [-0.15, -0.1) is 0 Å². The van der Waals surface area contributed by atoms with Crippen LogP contribution in [0.2, 0.25) is 0 Å². The van der Waals surface area contributed by atoms with Gasteiger partial charge in [0.1, 0.15) is 0 Å².